The highest BCUT2D eigenvalue weighted by Crippen LogP contribution is 2.24. The van der Waals surface area contributed by atoms with Crippen LogP contribution in [0.25, 0.3) is 10.9 Å². The number of hydrogen-bond acceptors (Lipinski definition) is 4. The zero-order valence-electron chi connectivity index (χ0n) is 10.1. The highest BCUT2D eigenvalue weighted by molar-refractivity contribution is 5.91. The first-order valence-electron chi connectivity index (χ1n) is 5.83. The highest BCUT2D eigenvalue weighted by Gasteiger charge is 2.07. The maximum Gasteiger partial charge on any atom is 0.122 e. The topological polar surface area (TPSA) is 51.0 Å². The van der Waals surface area contributed by atoms with Crippen LogP contribution in [0.3, 0.4) is 0 Å². The molecule has 1 N–H and O–H groups in total. The van der Waals surface area contributed by atoms with Crippen molar-refractivity contribution in [1.29, 1.82) is 0 Å². The van der Waals surface area contributed by atoms with Crippen molar-refractivity contribution in [3.63, 3.8) is 0 Å². The fraction of sp³-hybridized carbons (Fsp3) is 0.143. The molecule has 0 radical (unpaired) electrons. The summed E-state index contributed by atoms with van der Waals surface area (Å²) >= 11 is 0. The maximum atomic E-state index is 5.31. The van der Waals surface area contributed by atoms with E-state index >= 15 is 0 Å². The molecule has 0 unspecified atom stereocenters. The molecule has 0 atom stereocenters. The Bertz CT molecular complexity index is 662. The molecule has 1 aromatic carbocycles. The van der Waals surface area contributed by atoms with Crippen molar-refractivity contribution >= 4 is 16.6 Å². The minimum absolute atomic E-state index is 0.642. The van der Waals surface area contributed by atoms with Gasteiger partial charge in [0.2, 0.25) is 0 Å². The predicted molar refractivity (Wildman–Crippen MR) is 70.3 cm³/mol. The molecule has 90 valence electrons. The largest absolute Gasteiger partial charge is 0.467 e. The summed E-state index contributed by atoms with van der Waals surface area (Å²) in [5.74, 6) is 0.898. The SMILES string of the molecule is Cc1nnc2ccccc2c1NCc1ccco1. The van der Waals surface area contributed by atoms with Crippen molar-refractivity contribution in [3.8, 4) is 0 Å². The third-order valence-corrected chi connectivity index (χ3v) is 2.86. The number of aryl methyl sites for hydroxylation is 1. The third kappa shape index (κ3) is 1.93. The van der Waals surface area contributed by atoms with Crippen LogP contribution in [0, 0.1) is 6.92 Å². The first-order valence-corrected chi connectivity index (χ1v) is 5.83. The molecule has 3 aromatic rings. The van der Waals surface area contributed by atoms with E-state index in [-0.39, 0.29) is 0 Å². The average Bonchev–Trinajstić information content (AvgIpc) is 2.91. The van der Waals surface area contributed by atoms with Crippen LogP contribution in [0.2, 0.25) is 0 Å². The summed E-state index contributed by atoms with van der Waals surface area (Å²) in [5, 5.41) is 12.8. The molecule has 2 aromatic heterocycles. The lowest BCUT2D eigenvalue weighted by Gasteiger charge is -2.10. The van der Waals surface area contributed by atoms with Crippen molar-refractivity contribution in [2.75, 3.05) is 5.32 Å². The van der Waals surface area contributed by atoms with E-state index in [2.05, 4.69) is 15.5 Å². The molecular formula is C14H13N3O. The van der Waals surface area contributed by atoms with Crippen LogP contribution < -0.4 is 5.32 Å². The summed E-state index contributed by atoms with van der Waals surface area (Å²) in [4.78, 5) is 0. The van der Waals surface area contributed by atoms with Gasteiger partial charge in [-0.1, -0.05) is 18.2 Å². The molecule has 0 aliphatic heterocycles. The Kier molecular flexibility index (Phi) is 2.68. The van der Waals surface area contributed by atoms with Gasteiger partial charge in [0, 0.05) is 5.39 Å². The quantitative estimate of drug-likeness (QED) is 0.762. The van der Waals surface area contributed by atoms with E-state index in [1.54, 1.807) is 6.26 Å². The van der Waals surface area contributed by atoms with Crippen LogP contribution in [-0.4, -0.2) is 10.2 Å². The van der Waals surface area contributed by atoms with E-state index in [9.17, 15) is 0 Å². The summed E-state index contributed by atoms with van der Waals surface area (Å²) in [5.41, 5.74) is 2.79. The Hall–Kier alpha value is -2.36. The van der Waals surface area contributed by atoms with E-state index in [1.165, 1.54) is 0 Å². The molecule has 2 heterocycles. The van der Waals surface area contributed by atoms with Gasteiger partial charge in [-0.05, 0) is 25.1 Å². The summed E-state index contributed by atoms with van der Waals surface area (Å²) < 4.78 is 5.31. The van der Waals surface area contributed by atoms with Gasteiger partial charge < -0.3 is 9.73 Å². The van der Waals surface area contributed by atoms with Crippen molar-refractivity contribution in [2.45, 2.75) is 13.5 Å². The number of hydrogen-bond donors (Lipinski definition) is 1. The van der Waals surface area contributed by atoms with E-state index in [0.717, 1.165) is 28.0 Å². The number of rotatable bonds is 3. The average molecular weight is 239 g/mol. The van der Waals surface area contributed by atoms with Crippen LogP contribution in [0.5, 0.6) is 0 Å². The summed E-state index contributed by atoms with van der Waals surface area (Å²) in [7, 11) is 0. The zero-order valence-corrected chi connectivity index (χ0v) is 10.1. The number of nitrogens with one attached hydrogen (secondary N) is 1. The Morgan fingerprint density at radius 2 is 2.00 bits per heavy atom. The van der Waals surface area contributed by atoms with Gasteiger partial charge in [0.25, 0.3) is 0 Å². The smallest absolute Gasteiger partial charge is 0.122 e. The molecule has 0 bridgehead atoms. The monoisotopic (exact) mass is 239 g/mol. The Labute approximate surface area is 105 Å². The van der Waals surface area contributed by atoms with E-state index in [1.807, 2.05) is 43.3 Å². The minimum Gasteiger partial charge on any atom is -0.467 e. The molecular weight excluding hydrogens is 226 g/mol. The number of anilines is 1. The third-order valence-electron chi connectivity index (χ3n) is 2.86. The lowest BCUT2D eigenvalue weighted by molar-refractivity contribution is 0.518. The second-order valence-electron chi connectivity index (χ2n) is 4.11. The Morgan fingerprint density at radius 3 is 2.83 bits per heavy atom. The Morgan fingerprint density at radius 1 is 1.11 bits per heavy atom. The van der Waals surface area contributed by atoms with Crippen molar-refractivity contribution in [3.05, 3.63) is 54.1 Å². The van der Waals surface area contributed by atoms with Crippen LogP contribution in [0.4, 0.5) is 5.69 Å². The van der Waals surface area contributed by atoms with E-state index in [4.69, 9.17) is 4.42 Å². The standard InChI is InChI=1S/C14H13N3O/c1-10-14(15-9-11-5-4-8-18-11)12-6-2-3-7-13(12)17-16-10/h2-8H,9H2,1H3,(H,15,17). The van der Waals surface area contributed by atoms with Gasteiger partial charge in [0.1, 0.15) is 5.76 Å². The summed E-state index contributed by atoms with van der Waals surface area (Å²) in [6.07, 6.45) is 1.67. The normalized spacial score (nSPS) is 10.7. The van der Waals surface area contributed by atoms with Gasteiger partial charge in [-0.2, -0.15) is 10.2 Å². The van der Waals surface area contributed by atoms with Gasteiger partial charge in [-0.25, -0.2) is 0 Å². The molecule has 0 aliphatic rings. The lowest BCUT2D eigenvalue weighted by atomic mass is 10.1. The maximum absolute atomic E-state index is 5.31. The van der Waals surface area contributed by atoms with Crippen molar-refractivity contribution < 1.29 is 4.42 Å². The fourth-order valence-corrected chi connectivity index (χ4v) is 1.96. The number of furan rings is 1. The van der Waals surface area contributed by atoms with Crippen molar-refractivity contribution in [2.24, 2.45) is 0 Å². The van der Waals surface area contributed by atoms with Gasteiger partial charge in [-0.3, -0.25) is 0 Å². The highest BCUT2D eigenvalue weighted by atomic mass is 16.3. The molecule has 0 spiro atoms. The van der Waals surface area contributed by atoms with E-state index < -0.39 is 0 Å². The Balaban J connectivity index is 1.97. The number of fused-ring (bicyclic) bond motifs is 1. The second-order valence-corrected chi connectivity index (χ2v) is 4.11. The first-order chi connectivity index (χ1) is 8.84. The zero-order chi connectivity index (χ0) is 12.4. The molecule has 4 heteroatoms. The van der Waals surface area contributed by atoms with Gasteiger partial charge >= 0.3 is 0 Å². The molecule has 0 amide bonds. The lowest BCUT2D eigenvalue weighted by Crippen LogP contribution is -2.03. The van der Waals surface area contributed by atoms with Crippen LogP contribution >= 0.6 is 0 Å². The molecule has 0 fully saturated rings. The molecule has 0 saturated heterocycles. The first kappa shape index (κ1) is 10.8. The molecule has 18 heavy (non-hydrogen) atoms. The van der Waals surface area contributed by atoms with Gasteiger partial charge in [0.15, 0.2) is 0 Å². The second kappa shape index (κ2) is 4.49. The minimum atomic E-state index is 0.642. The van der Waals surface area contributed by atoms with Gasteiger partial charge in [-0.15, -0.1) is 0 Å². The number of nitrogens with zero attached hydrogens (tertiary/aromatic N) is 2. The van der Waals surface area contributed by atoms with Crippen LogP contribution in [0.15, 0.2) is 47.1 Å². The number of aromatic nitrogens is 2. The fourth-order valence-electron chi connectivity index (χ4n) is 1.96. The van der Waals surface area contributed by atoms with Crippen LogP contribution in [-0.2, 0) is 6.54 Å². The van der Waals surface area contributed by atoms with Crippen molar-refractivity contribution in [1.82, 2.24) is 10.2 Å². The molecule has 4 nitrogen and oxygen atoms in total. The van der Waals surface area contributed by atoms with Crippen LogP contribution in [0.1, 0.15) is 11.5 Å². The molecule has 0 saturated carbocycles. The molecule has 0 aliphatic carbocycles. The summed E-state index contributed by atoms with van der Waals surface area (Å²) in [6, 6.07) is 11.8. The summed E-state index contributed by atoms with van der Waals surface area (Å²) in [6.45, 7) is 2.59. The predicted octanol–water partition coefficient (Wildman–Crippen LogP) is 3.14. The number of benzene rings is 1. The molecule has 3 rings (SSSR count). The van der Waals surface area contributed by atoms with E-state index in [0.29, 0.717) is 6.54 Å². The van der Waals surface area contributed by atoms with Gasteiger partial charge in [0.05, 0.1) is 29.7 Å².